The topological polar surface area (TPSA) is 88.3 Å². The van der Waals surface area contributed by atoms with Crippen LogP contribution in [0.1, 0.15) is 47.5 Å². The molecule has 0 atom stereocenters. The van der Waals surface area contributed by atoms with Crippen molar-refractivity contribution in [1.82, 2.24) is 20.4 Å². The van der Waals surface area contributed by atoms with E-state index in [1.807, 2.05) is 24.3 Å². The monoisotopic (exact) mass is 452 g/mol. The molecule has 1 aliphatic rings. The molecule has 2 aromatic carbocycles. The third-order valence-corrected chi connectivity index (χ3v) is 5.58. The zero-order valence-corrected chi connectivity index (χ0v) is 18.6. The van der Waals surface area contributed by atoms with E-state index in [2.05, 4.69) is 15.5 Å². The lowest BCUT2D eigenvalue weighted by molar-refractivity contribution is -0.130. The number of aromatic nitrogens is 2. The van der Waals surface area contributed by atoms with E-state index in [9.17, 15) is 9.59 Å². The van der Waals surface area contributed by atoms with Crippen molar-refractivity contribution < 1.29 is 14.1 Å². The molecule has 1 fully saturated rings. The summed E-state index contributed by atoms with van der Waals surface area (Å²) in [5.74, 6) is 1.02. The number of amides is 2. The molecule has 0 spiro atoms. The summed E-state index contributed by atoms with van der Waals surface area (Å²) in [7, 11) is 1.78. The van der Waals surface area contributed by atoms with Crippen molar-refractivity contribution in [2.24, 2.45) is 0 Å². The molecule has 0 aliphatic heterocycles. The molecule has 1 saturated carbocycles. The first-order chi connectivity index (χ1) is 15.5. The van der Waals surface area contributed by atoms with E-state index in [0.29, 0.717) is 54.2 Å². The Morgan fingerprint density at radius 2 is 1.84 bits per heavy atom. The molecule has 0 radical (unpaired) electrons. The van der Waals surface area contributed by atoms with Gasteiger partial charge in [-0.05, 0) is 61.2 Å². The molecule has 1 aliphatic carbocycles. The molecule has 2 amide bonds. The van der Waals surface area contributed by atoms with Crippen LogP contribution in [0.4, 0.5) is 0 Å². The fourth-order valence-corrected chi connectivity index (χ4v) is 3.40. The summed E-state index contributed by atoms with van der Waals surface area (Å²) in [6, 6.07) is 14.9. The summed E-state index contributed by atoms with van der Waals surface area (Å²) in [5.41, 5.74) is 2.46. The number of hydrogen-bond donors (Lipinski definition) is 1. The summed E-state index contributed by atoms with van der Waals surface area (Å²) < 4.78 is 5.29. The molecule has 8 heteroatoms. The Bertz CT molecular complexity index is 1080. The smallest absolute Gasteiger partial charge is 0.251 e. The number of halogens is 1. The Hall–Kier alpha value is -3.19. The van der Waals surface area contributed by atoms with Gasteiger partial charge in [0.25, 0.3) is 5.91 Å². The third-order valence-electron chi connectivity index (χ3n) is 5.33. The predicted octanol–water partition coefficient (Wildman–Crippen LogP) is 4.26. The van der Waals surface area contributed by atoms with Gasteiger partial charge in [0.15, 0.2) is 0 Å². The van der Waals surface area contributed by atoms with Crippen molar-refractivity contribution in [2.45, 2.75) is 44.7 Å². The second-order valence-corrected chi connectivity index (χ2v) is 8.50. The highest BCUT2D eigenvalue weighted by Gasteiger charge is 2.23. The fourth-order valence-electron chi connectivity index (χ4n) is 3.27. The minimum absolute atomic E-state index is 0.0382. The minimum atomic E-state index is -0.0382. The van der Waals surface area contributed by atoms with Crippen molar-refractivity contribution in [3.8, 4) is 11.4 Å². The quantitative estimate of drug-likeness (QED) is 0.524. The van der Waals surface area contributed by atoms with Crippen molar-refractivity contribution >= 4 is 23.4 Å². The van der Waals surface area contributed by atoms with Gasteiger partial charge in [-0.1, -0.05) is 28.9 Å². The minimum Gasteiger partial charge on any atom is -0.349 e. The Morgan fingerprint density at radius 1 is 1.12 bits per heavy atom. The van der Waals surface area contributed by atoms with Crippen LogP contribution in [0.25, 0.3) is 11.4 Å². The highest BCUT2D eigenvalue weighted by Crippen LogP contribution is 2.20. The first-order valence-corrected chi connectivity index (χ1v) is 11.1. The zero-order valence-electron chi connectivity index (χ0n) is 17.9. The summed E-state index contributed by atoms with van der Waals surface area (Å²) >= 11 is 5.90. The van der Waals surface area contributed by atoms with Crippen LogP contribution in [0, 0.1) is 0 Å². The van der Waals surface area contributed by atoms with Crippen LogP contribution in [-0.2, 0) is 17.8 Å². The molecule has 0 saturated heterocycles. The van der Waals surface area contributed by atoms with Gasteiger partial charge >= 0.3 is 0 Å². The van der Waals surface area contributed by atoms with Crippen LogP contribution in [0.2, 0.25) is 5.02 Å². The maximum absolute atomic E-state index is 12.5. The normalized spacial score (nSPS) is 13.1. The first kappa shape index (κ1) is 22.0. The first-order valence-electron chi connectivity index (χ1n) is 10.7. The molecule has 4 rings (SSSR count). The van der Waals surface area contributed by atoms with Crippen LogP contribution in [0.5, 0.6) is 0 Å². The van der Waals surface area contributed by atoms with Crippen molar-refractivity contribution in [1.29, 1.82) is 0 Å². The van der Waals surface area contributed by atoms with Crippen LogP contribution in [-0.4, -0.2) is 39.9 Å². The Balaban J connectivity index is 1.22. The molecule has 0 unspecified atom stereocenters. The SMILES string of the molecule is CN(Cc1ccc(C(=O)NC2CC2)cc1)C(=O)CCCc1nc(-c2ccc(Cl)cc2)no1. The lowest BCUT2D eigenvalue weighted by Crippen LogP contribution is -2.26. The Morgan fingerprint density at radius 3 is 2.53 bits per heavy atom. The number of hydrogen-bond acceptors (Lipinski definition) is 5. The van der Waals surface area contributed by atoms with Crippen molar-refractivity contribution in [2.75, 3.05) is 7.05 Å². The van der Waals surface area contributed by atoms with E-state index in [-0.39, 0.29) is 11.8 Å². The standard InChI is InChI=1S/C24H25ClN4O3/c1-29(15-16-5-7-18(8-6-16)24(31)26-20-13-14-20)22(30)4-2-3-21-27-23(28-32-21)17-9-11-19(25)12-10-17/h5-12,20H,2-4,13-15H2,1H3,(H,26,31). The molecule has 1 N–H and O–H groups in total. The number of benzene rings is 2. The molecule has 1 aromatic heterocycles. The Labute approximate surface area is 191 Å². The van der Waals surface area contributed by atoms with Crippen LogP contribution < -0.4 is 5.32 Å². The number of aryl methyl sites for hydroxylation is 1. The summed E-state index contributed by atoms with van der Waals surface area (Å²) in [4.78, 5) is 30.6. The van der Waals surface area contributed by atoms with Crippen molar-refractivity contribution in [3.63, 3.8) is 0 Å². The Kier molecular flexibility index (Phi) is 6.85. The largest absolute Gasteiger partial charge is 0.349 e. The van der Waals surface area contributed by atoms with Gasteiger partial charge in [0, 0.05) is 48.6 Å². The van der Waals surface area contributed by atoms with E-state index >= 15 is 0 Å². The maximum Gasteiger partial charge on any atom is 0.251 e. The van der Waals surface area contributed by atoms with E-state index in [0.717, 1.165) is 24.0 Å². The number of nitrogens with one attached hydrogen (secondary N) is 1. The summed E-state index contributed by atoms with van der Waals surface area (Å²) in [6.07, 6.45) is 3.66. The van der Waals surface area contributed by atoms with Gasteiger partial charge < -0.3 is 14.7 Å². The predicted molar refractivity (Wildman–Crippen MR) is 121 cm³/mol. The molecule has 166 valence electrons. The van der Waals surface area contributed by atoms with Gasteiger partial charge in [-0.3, -0.25) is 9.59 Å². The fraction of sp³-hybridized carbons (Fsp3) is 0.333. The van der Waals surface area contributed by atoms with Gasteiger partial charge in [0.2, 0.25) is 17.6 Å². The highest BCUT2D eigenvalue weighted by atomic mass is 35.5. The molecule has 7 nitrogen and oxygen atoms in total. The molecular weight excluding hydrogens is 428 g/mol. The molecule has 1 heterocycles. The number of nitrogens with zero attached hydrogens (tertiary/aromatic N) is 3. The number of carbonyl (C=O) groups excluding carboxylic acids is 2. The van der Waals surface area contributed by atoms with Crippen LogP contribution in [0.3, 0.4) is 0 Å². The summed E-state index contributed by atoms with van der Waals surface area (Å²) in [5, 5.41) is 7.61. The average Bonchev–Trinajstić information content (AvgIpc) is 3.48. The number of carbonyl (C=O) groups is 2. The van der Waals surface area contributed by atoms with E-state index in [1.165, 1.54) is 0 Å². The number of rotatable bonds is 9. The molecule has 0 bridgehead atoms. The lowest BCUT2D eigenvalue weighted by atomic mass is 10.1. The van der Waals surface area contributed by atoms with Crippen molar-refractivity contribution in [3.05, 3.63) is 70.6 Å². The van der Waals surface area contributed by atoms with Gasteiger partial charge in [0.1, 0.15) is 0 Å². The summed E-state index contributed by atoms with van der Waals surface area (Å²) in [6.45, 7) is 0.491. The average molecular weight is 453 g/mol. The van der Waals surface area contributed by atoms with Gasteiger partial charge in [-0.2, -0.15) is 4.98 Å². The maximum atomic E-state index is 12.5. The molecule has 32 heavy (non-hydrogen) atoms. The lowest BCUT2D eigenvalue weighted by Gasteiger charge is -2.17. The zero-order chi connectivity index (χ0) is 22.5. The van der Waals surface area contributed by atoms with Gasteiger partial charge in [-0.25, -0.2) is 0 Å². The second-order valence-electron chi connectivity index (χ2n) is 8.07. The van der Waals surface area contributed by atoms with Crippen LogP contribution >= 0.6 is 11.6 Å². The highest BCUT2D eigenvalue weighted by molar-refractivity contribution is 6.30. The van der Waals surface area contributed by atoms with Gasteiger partial charge in [0.05, 0.1) is 0 Å². The van der Waals surface area contributed by atoms with E-state index < -0.39 is 0 Å². The molecule has 3 aromatic rings. The second kappa shape index (κ2) is 9.96. The van der Waals surface area contributed by atoms with E-state index in [4.69, 9.17) is 16.1 Å². The third kappa shape index (κ3) is 5.95. The van der Waals surface area contributed by atoms with Crippen LogP contribution in [0.15, 0.2) is 53.1 Å². The molecular formula is C24H25ClN4O3. The van der Waals surface area contributed by atoms with E-state index in [1.54, 1.807) is 36.2 Å². The van der Waals surface area contributed by atoms with Gasteiger partial charge in [-0.15, -0.1) is 0 Å².